The smallest absolute Gasteiger partial charge is 0.325 e. The van der Waals surface area contributed by atoms with E-state index in [1.807, 2.05) is 26.1 Å². The number of urea groups is 1. The van der Waals surface area contributed by atoms with Crippen molar-refractivity contribution >= 4 is 17.8 Å². The quantitative estimate of drug-likeness (QED) is 0.759. The molecule has 2 amide bonds. The van der Waals surface area contributed by atoms with Gasteiger partial charge in [-0.1, -0.05) is 0 Å². The van der Waals surface area contributed by atoms with Crippen LogP contribution in [0, 0.1) is 0 Å². The number of carbonyl (C=O) groups is 1. The van der Waals surface area contributed by atoms with Gasteiger partial charge in [-0.15, -0.1) is 11.8 Å². The molecular formula is C17H31N3O3S. The molecule has 6 nitrogen and oxygen atoms in total. The Morgan fingerprint density at radius 2 is 2.00 bits per heavy atom. The first kappa shape index (κ1) is 19.6. The summed E-state index contributed by atoms with van der Waals surface area (Å²) in [5.41, 5.74) is -0.0147. The molecule has 2 heterocycles. The van der Waals surface area contributed by atoms with Crippen LogP contribution in [0.1, 0.15) is 41.5 Å². The number of carbonyl (C=O) groups excluding carboxylic acids is 1. The number of nitrogens with one attached hydrogen (secondary N) is 1. The van der Waals surface area contributed by atoms with E-state index < -0.39 is 0 Å². The van der Waals surface area contributed by atoms with Crippen LogP contribution in [0.25, 0.3) is 0 Å². The third-order valence-corrected chi connectivity index (χ3v) is 5.15. The molecule has 0 aromatic heterocycles. The van der Waals surface area contributed by atoms with Gasteiger partial charge in [0.2, 0.25) is 0 Å². The largest absolute Gasteiger partial charge is 0.375 e. The lowest BCUT2D eigenvalue weighted by atomic mass is 10.2. The fourth-order valence-electron chi connectivity index (χ4n) is 3.08. The van der Waals surface area contributed by atoms with E-state index in [2.05, 4.69) is 37.9 Å². The zero-order valence-electron chi connectivity index (χ0n) is 15.6. The third-order valence-electron chi connectivity index (χ3n) is 4.06. The summed E-state index contributed by atoms with van der Waals surface area (Å²) in [4.78, 5) is 16.5. The molecule has 0 saturated carbocycles. The standard InChI is InChI=1S/C17H31N3O3S/c1-11(2)20(12(3)4)14-7-8-19(17(21)18-14)15-10-24-16(23-15)9-22-13(5)6/h7-8,11-16H,9-10H2,1-6H3,(H,18,21)/t14?,15-,16+/m1/s1. The van der Waals surface area contributed by atoms with E-state index in [1.165, 1.54) is 0 Å². The van der Waals surface area contributed by atoms with Crippen molar-refractivity contribution in [2.75, 3.05) is 12.4 Å². The van der Waals surface area contributed by atoms with Gasteiger partial charge in [0.05, 0.1) is 12.7 Å². The predicted molar refractivity (Wildman–Crippen MR) is 97.6 cm³/mol. The van der Waals surface area contributed by atoms with Crippen molar-refractivity contribution in [1.29, 1.82) is 0 Å². The van der Waals surface area contributed by atoms with E-state index in [1.54, 1.807) is 16.7 Å². The van der Waals surface area contributed by atoms with E-state index in [-0.39, 0.29) is 30.0 Å². The highest BCUT2D eigenvalue weighted by molar-refractivity contribution is 8.00. The fraction of sp³-hybridized carbons (Fsp3) is 0.824. The number of hydrogen-bond donors (Lipinski definition) is 1. The van der Waals surface area contributed by atoms with Crippen LogP contribution in [0.3, 0.4) is 0 Å². The van der Waals surface area contributed by atoms with Gasteiger partial charge in [0.25, 0.3) is 0 Å². The first-order valence-electron chi connectivity index (χ1n) is 8.72. The summed E-state index contributed by atoms with van der Waals surface area (Å²) >= 11 is 1.69. The number of nitrogens with zero attached hydrogens (tertiary/aromatic N) is 2. The highest BCUT2D eigenvalue weighted by Gasteiger charge is 2.36. The van der Waals surface area contributed by atoms with E-state index >= 15 is 0 Å². The van der Waals surface area contributed by atoms with Crippen LogP contribution in [0.2, 0.25) is 0 Å². The van der Waals surface area contributed by atoms with Crippen LogP contribution < -0.4 is 5.32 Å². The van der Waals surface area contributed by atoms with Crippen molar-refractivity contribution < 1.29 is 14.3 Å². The average Bonchev–Trinajstić information content (AvgIpc) is 2.93. The summed E-state index contributed by atoms with van der Waals surface area (Å²) in [6, 6.07) is 0.592. The monoisotopic (exact) mass is 357 g/mol. The number of thioether (sulfide) groups is 1. The zero-order valence-corrected chi connectivity index (χ0v) is 16.4. The maximum atomic E-state index is 12.5. The Balaban J connectivity index is 1.95. The molecule has 1 saturated heterocycles. The van der Waals surface area contributed by atoms with Gasteiger partial charge in [-0.3, -0.25) is 9.80 Å². The molecule has 0 aromatic rings. The number of ether oxygens (including phenoxy) is 2. The summed E-state index contributed by atoms with van der Waals surface area (Å²) in [7, 11) is 0. The maximum absolute atomic E-state index is 12.5. The Hall–Kier alpha value is -0.760. The molecule has 2 aliphatic rings. The van der Waals surface area contributed by atoms with Gasteiger partial charge >= 0.3 is 6.03 Å². The van der Waals surface area contributed by atoms with Gasteiger partial charge in [0.1, 0.15) is 17.8 Å². The van der Waals surface area contributed by atoms with Crippen LogP contribution in [0.15, 0.2) is 12.3 Å². The maximum Gasteiger partial charge on any atom is 0.325 e. The molecule has 1 unspecified atom stereocenters. The van der Waals surface area contributed by atoms with Gasteiger partial charge in [-0.25, -0.2) is 4.79 Å². The summed E-state index contributed by atoms with van der Waals surface area (Å²) in [6.45, 7) is 13.1. The molecule has 138 valence electrons. The second-order valence-corrected chi connectivity index (χ2v) is 8.21. The summed E-state index contributed by atoms with van der Waals surface area (Å²) < 4.78 is 11.6. The molecule has 7 heteroatoms. The summed E-state index contributed by atoms with van der Waals surface area (Å²) in [6.07, 6.45) is 3.76. The van der Waals surface area contributed by atoms with Crippen molar-refractivity contribution in [3.05, 3.63) is 12.3 Å². The SMILES string of the molecule is CC(C)OC[C@H]1O[C@@H](N2C=CC(N(C(C)C)C(C)C)NC2=O)CS1. The van der Waals surface area contributed by atoms with Gasteiger partial charge in [0, 0.05) is 24.0 Å². The molecule has 2 aliphatic heterocycles. The van der Waals surface area contributed by atoms with E-state index in [0.717, 1.165) is 5.75 Å². The van der Waals surface area contributed by atoms with Gasteiger partial charge in [0.15, 0.2) is 0 Å². The molecule has 24 heavy (non-hydrogen) atoms. The van der Waals surface area contributed by atoms with E-state index in [4.69, 9.17) is 9.47 Å². The Kier molecular flexibility index (Phi) is 6.98. The third kappa shape index (κ3) is 4.88. The topological polar surface area (TPSA) is 54.0 Å². The molecule has 2 rings (SSSR count). The molecule has 0 bridgehead atoms. The van der Waals surface area contributed by atoms with Crippen molar-refractivity contribution in [2.45, 2.75) is 77.6 Å². The van der Waals surface area contributed by atoms with Crippen LogP contribution in [0.5, 0.6) is 0 Å². The second kappa shape index (κ2) is 8.56. The molecule has 1 N–H and O–H groups in total. The minimum atomic E-state index is -0.237. The molecular weight excluding hydrogens is 326 g/mol. The van der Waals surface area contributed by atoms with Crippen molar-refractivity contribution in [3.8, 4) is 0 Å². The first-order chi connectivity index (χ1) is 11.3. The summed E-state index contributed by atoms with van der Waals surface area (Å²) in [5.74, 6) is 0.757. The molecule has 0 aliphatic carbocycles. The highest BCUT2D eigenvalue weighted by atomic mass is 32.2. The van der Waals surface area contributed by atoms with Crippen LogP contribution >= 0.6 is 11.8 Å². The van der Waals surface area contributed by atoms with Crippen LogP contribution in [-0.2, 0) is 9.47 Å². The first-order valence-corrected chi connectivity index (χ1v) is 9.77. The van der Waals surface area contributed by atoms with Crippen molar-refractivity contribution in [1.82, 2.24) is 15.1 Å². The Bertz CT molecular complexity index is 448. The lowest BCUT2D eigenvalue weighted by Crippen LogP contribution is -2.58. The van der Waals surface area contributed by atoms with Gasteiger partial charge in [-0.05, 0) is 47.6 Å². The number of rotatable bonds is 7. The molecule has 0 spiro atoms. The molecule has 0 radical (unpaired) electrons. The van der Waals surface area contributed by atoms with Gasteiger partial charge < -0.3 is 14.8 Å². The van der Waals surface area contributed by atoms with Crippen molar-refractivity contribution in [3.63, 3.8) is 0 Å². The minimum Gasteiger partial charge on any atom is -0.375 e. The molecule has 3 atom stereocenters. The molecule has 1 fully saturated rings. The Morgan fingerprint density at radius 3 is 2.54 bits per heavy atom. The van der Waals surface area contributed by atoms with Crippen LogP contribution in [0.4, 0.5) is 4.79 Å². The number of hydrogen-bond acceptors (Lipinski definition) is 5. The second-order valence-electron chi connectivity index (χ2n) is 7.01. The predicted octanol–water partition coefficient (Wildman–Crippen LogP) is 2.81. The average molecular weight is 358 g/mol. The highest BCUT2D eigenvalue weighted by Crippen LogP contribution is 2.29. The Labute approximate surface area is 149 Å². The Morgan fingerprint density at radius 1 is 1.33 bits per heavy atom. The van der Waals surface area contributed by atoms with Gasteiger partial charge in [-0.2, -0.15) is 0 Å². The van der Waals surface area contributed by atoms with E-state index in [0.29, 0.717) is 18.7 Å². The number of amides is 2. The fourth-order valence-corrected chi connectivity index (χ4v) is 4.08. The summed E-state index contributed by atoms with van der Waals surface area (Å²) in [5, 5.41) is 3.08. The molecule has 0 aromatic carbocycles. The minimum absolute atomic E-state index is 0.0147. The van der Waals surface area contributed by atoms with Crippen molar-refractivity contribution in [2.24, 2.45) is 0 Å². The normalized spacial score (nSPS) is 27.8. The lowest BCUT2D eigenvalue weighted by molar-refractivity contribution is -0.0483. The van der Waals surface area contributed by atoms with Crippen LogP contribution in [-0.4, -0.2) is 64.2 Å². The zero-order chi connectivity index (χ0) is 17.9. The van der Waals surface area contributed by atoms with E-state index in [9.17, 15) is 4.79 Å². The lowest BCUT2D eigenvalue weighted by Gasteiger charge is -2.40.